The number of rotatable bonds is 3. The van der Waals surface area contributed by atoms with Gasteiger partial charge in [0.1, 0.15) is 17.4 Å². The van der Waals surface area contributed by atoms with E-state index in [-0.39, 0.29) is 11.3 Å². The van der Waals surface area contributed by atoms with Crippen LogP contribution in [0.25, 0.3) is 6.08 Å². The summed E-state index contributed by atoms with van der Waals surface area (Å²) < 4.78 is 1.00. The number of nitrogens with one attached hydrogen (secondary N) is 1. The second-order valence-corrected chi connectivity index (χ2v) is 6.80. The second kappa shape index (κ2) is 6.80. The van der Waals surface area contributed by atoms with Crippen LogP contribution in [0.3, 0.4) is 0 Å². The van der Waals surface area contributed by atoms with Gasteiger partial charge in [0.2, 0.25) is 5.13 Å². The number of aromatic nitrogens is 2. The molecule has 2 N–H and O–H groups in total. The lowest BCUT2D eigenvalue weighted by atomic mass is 10.1. The lowest BCUT2D eigenvalue weighted by Crippen LogP contribution is -2.13. The topological polar surface area (TPSA) is 98.9 Å². The molecule has 2 rings (SSSR count). The zero-order valence-corrected chi connectivity index (χ0v) is 14.2. The van der Waals surface area contributed by atoms with Crippen molar-refractivity contribution in [2.24, 2.45) is 0 Å². The number of carbonyl (C=O) groups is 1. The molecule has 1 amide bonds. The summed E-state index contributed by atoms with van der Waals surface area (Å²) in [5, 5.41) is 28.7. The van der Waals surface area contributed by atoms with E-state index in [1.54, 1.807) is 12.1 Å². The van der Waals surface area contributed by atoms with Gasteiger partial charge in [-0.25, -0.2) is 0 Å². The fourth-order valence-electron chi connectivity index (χ4n) is 1.35. The Hall–Kier alpha value is -1.76. The summed E-state index contributed by atoms with van der Waals surface area (Å²) in [7, 11) is 0. The predicted octanol–water partition coefficient (Wildman–Crippen LogP) is 3.31. The van der Waals surface area contributed by atoms with Crippen molar-refractivity contribution in [3.63, 3.8) is 0 Å². The molecule has 0 saturated heterocycles. The molecular formula is C12H6Br2N4O2S. The fraction of sp³-hybridized carbons (Fsp3) is 0. The summed E-state index contributed by atoms with van der Waals surface area (Å²) in [6, 6.07) is 6.48. The van der Waals surface area contributed by atoms with Gasteiger partial charge in [-0.05, 0) is 55.6 Å². The molecule has 0 atom stereocenters. The molecule has 1 aromatic carbocycles. The number of hydrogen-bond acceptors (Lipinski definition) is 6. The summed E-state index contributed by atoms with van der Waals surface area (Å²) >= 11 is 7.44. The van der Waals surface area contributed by atoms with E-state index in [0.717, 1.165) is 11.3 Å². The fourth-order valence-corrected chi connectivity index (χ4v) is 2.75. The van der Waals surface area contributed by atoms with Gasteiger partial charge in [-0.2, -0.15) is 5.26 Å². The quantitative estimate of drug-likeness (QED) is 0.575. The first-order valence-electron chi connectivity index (χ1n) is 5.40. The van der Waals surface area contributed by atoms with E-state index in [4.69, 9.17) is 5.26 Å². The molecule has 2 aromatic rings. The van der Waals surface area contributed by atoms with Gasteiger partial charge in [0, 0.05) is 0 Å². The Balaban J connectivity index is 2.22. The first-order chi connectivity index (χ1) is 9.99. The largest absolute Gasteiger partial charge is 0.507 e. The number of carbonyl (C=O) groups excluding carboxylic acids is 1. The number of benzene rings is 1. The van der Waals surface area contributed by atoms with Crippen LogP contribution in [0.1, 0.15) is 5.56 Å². The van der Waals surface area contributed by atoms with Crippen LogP contribution in [0, 0.1) is 11.3 Å². The molecule has 0 radical (unpaired) electrons. The maximum atomic E-state index is 12.0. The lowest BCUT2D eigenvalue weighted by molar-refractivity contribution is -0.112. The van der Waals surface area contributed by atoms with E-state index in [1.165, 1.54) is 12.1 Å². The molecule has 106 valence electrons. The molecule has 0 unspecified atom stereocenters. The van der Waals surface area contributed by atoms with Gasteiger partial charge in [0.05, 0.1) is 4.47 Å². The highest BCUT2D eigenvalue weighted by molar-refractivity contribution is 9.11. The zero-order valence-electron chi connectivity index (χ0n) is 10.2. The van der Waals surface area contributed by atoms with Crippen LogP contribution in [-0.2, 0) is 4.79 Å². The molecule has 6 nitrogen and oxygen atoms in total. The minimum Gasteiger partial charge on any atom is -0.507 e. The molecule has 9 heteroatoms. The molecule has 0 spiro atoms. The third kappa shape index (κ3) is 4.10. The molecular weight excluding hydrogens is 424 g/mol. The van der Waals surface area contributed by atoms with Gasteiger partial charge in [-0.1, -0.05) is 17.4 Å². The van der Waals surface area contributed by atoms with Crippen molar-refractivity contribution in [3.8, 4) is 11.8 Å². The first-order valence-corrected chi connectivity index (χ1v) is 7.80. The van der Waals surface area contributed by atoms with Crippen molar-refractivity contribution in [3.05, 3.63) is 37.7 Å². The van der Waals surface area contributed by atoms with Gasteiger partial charge in [0.15, 0.2) is 3.92 Å². The number of phenolic OH excluding ortho intramolecular Hbond substituents is 1. The van der Waals surface area contributed by atoms with Crippen molar-refractivity contribution in [2.75, 3.05) is 5.32 Å². The maximum absolute atomic E-state index is 12.0. The number of aromatic hydroxyl groups is 1. The van der Waals surface area contributed by atoms with Crippen LogP contribution in [0.15, 0.2) is 32.2 Å². The Morgan fingerprint density at radius 1 is 1.43 bits per heavy atom. The second-order valence-electron chi connectivity index (χ2n) is 3.69. The molecule has 0 aliphatic heterocycles. The van der Waals surface area contributed by atoms with Gasteiger partial charge < -0.3 is 5.11 Å². The van der Waals surface area contributed by atoms with Crippen LogP contribution in [0.4, 0.5) is 5.13 Å². The molecule has 1 heterocycles. The van der Waals surface area contributed by atoms with E-state index < -0.39 is 5.91 Å². The van der Waals surface area contributed by atoms with Crippen molar-refractivity contribution in [1.29, 1.82) is 5.26 Å². The Labute approximate surface area is 140 Å². The van der Waals surface area contributed by atoms with Crippen molar-refractivity contribution >= 4 is 60.3 Å². The first kappa shape index (κ1) is 15.6. The molecule has 0 aliphatic carbocycles. The van der Waals surface area contributed by atoms with E-state index in [2.05, 4.69) is 47.4 Å². The minimum atomic E-state index is -0.578. The van der Waals surface area contributed by atoms with Gasteiger partial charge in [0.25, 0.3) is 5.91 Å². The highest BCUT2D eigenvalue weighted by Gasteiger charge is 2.12. The summed E-state index contributed by atoms with van der Waals surface area (Å²) in [6.07, 6.45) is 1.41. The van der Waals surface area contributed by atoms with E-state index >= 15 is 0 Å². The predicted molar refractivity (Wildman–Crippen MR) is 85.6 cm³/mol. The van der Waals surface area contributed by atoms with E-state index in [0.29, 0.717) is 19.1 Å². The number of anilines is 1. The minimum absolute atomic E-state index is 0.0776. The zero-order chi connectivity index (χ0) is 15.4. The molecule has 21 heavy (non-hydrogen) atoms. The Morgan fingerprint density at radius 2 is 2.19 bits per heavy atom. The standard InChI is InChI=1S/C12H6Br2N4O2S/c13-8-4-6(1-2-9(8)19)3-7(5-15)10(20)16-12-18-17-11(14)21-12/h1-4,19H,(H,16,18,20)/b7-3+. The molecule has 0 bridgehead atoms. The average molecular weight is 430 g/mol. The third-order valence-electron chi connectivity index (χ3n) is 2.27. The van der Waals surface area contributed by atoms with Crippen LogP contribution in [0.5, 0.6) is 5.75 Å². The Morgan fingerprint density at radius 3 is 2.76 bits per heavy atom. The monoisotopic (exact) mass is 428 g/mol. The van der Waals surface area contributed by atoms with Crippen LogP contribution in [0.2, 0.25) is 0 Å². The van der Waals surface area contributed by atoms with Gasteiger partial charge in [-0.3, -0.25) is 10.1 Å². The molecule has 0 saturated carbocycles. The summed E-state index contributed by atoms with van der Waals surface area (Å²) in [4.78, 5) is 12.0. The third-order valence-corrected chi connectivity index (χ3v) is 4.18. The number of phenols is 1. The van der Waals surface area contributed by atoms with E-state index in [1.807, 2.05) is 6.07 Å². The van der Waals surface area contributed by atoms with Crippen LogP contribution >= 0.6 is 43.2 Å². The number of nitrogens with zero attached hydrogens (tertiary/aromatic N) is 3. The van der Waals surface area contributed by atoms with Gasteiger partial charge >= 0.3 is 0 Å². The smallest absolute Gasteiger partial charge is 0.268 e. The van der Waals surface area contributed by atoms with Crippen molar-refractivity contribution < 1.29 is 9.90 Å². The number of hydrogen-bond donors (Lipinski definition) is 2. The SMILES string of the molecule is N#C/C(=C\c1ccc(O)c(Br)c1)C(=O)Nc1nnc(Br)s1. The molecule has 1 aromatic heterocycles. The Bertz CT molecular complexity index is 767. The maximum Gasteiger partial charge on any atom is 0.268 e. The molecule has 0 aliphatic rings. The summed E-state index contributed by atoms with van der Waals surface area (Å²) in [5.41, 5.74) is 0.517. The lowest BCUT2D eigenvalue weighted by Gasteiger charge is -2.01. The normalized spacial score (nSPS) is 11.0. The van der Waals surface area contributed by atoms with E-state index in [9.17, 15) is 9.90 Å². The van der Waals surface area contributed by atoms with Crippen molar-refractivity contribution in [2.45, 2.75) is 0 Å². The summed E-state index contributed by atoms with van der Waals surface area (Å²) in [5.74, 6) is -0.501. The van der Waals surface area contributed by atoms with Crippen LogP contribution in [-0.4, -0.2) is 21.2 Å². The highest BCUT2D eigenvalue weighted by Crippen LogP contribution is 2.25. The molecule has 0 fully saturated rings. The van der Waals surface area contributed by atoms with Gasteiger partial charge in [-0.15, -0.1) is 10.2 Å². The number of nitriles is 1. The van der Waals surface area contributed by atoms with Crippen LogP contribution < -0.4 is 5.32 Å². The number of halogens is 2. The number of amides is 1. The van der Waals surface area contributed by atoms with Crippen molar-refractivity contribution in [1.82, 2.24) is 10.2 Å². The Kier molecular flexibility index (Phi) is 5.06. The highest BCUT2D eigenvalue weighted by atomic mass is 79.9. The summed E-state index contributed by atoms with van der Waals surface area (Å²) in [6.45, 7) is 0. The average Bonchev–Trinajstić information content (AvgIpc) is 2.85.